The number of nitro groups is 1. The summed E-state index contributed by atoms with van der Waals surface area (Å²) in [7, 11) is 0. The molecule has 1 aromatic heterocycles. The zero-order chi connectivity index (χ0) is 14.0. The van der Waals surface area contributed by atoms with Crippen molar-refractivity contribution in [3.8, 4) is 0 Å². The molecule has 0 amide bonds. The summed E-state index contributed by atoms with van der Waals surface area (Å²) in [5.74, 6) is 0. The highest BCUT2D eigenvalue weighted by Crippen LogP contribution is 2.19. The number of rotatable bonds is 3. The third kappa shape index (κ3) is 2.74. The molecule has 0 aliphatic carbocycles. The smallest absolute Gasteiger partial charge is 0.274 e. The lowest BCUT2D eigenvalue weighted by Gasteiger charge is -2.06. The fourth-order valence-electron chi connectivity index (χ4n) is 1.56. The van der Waals surface area contributed by atoms with Crippen LogP contribution in [0.3, 0.4) is 0 Å². The summed E-state index contributed by atoms with van der Waals surface area (Å²) < 4.78 is 1.16. The van der Waals surface area contributed by atoms with E-state index in [4.69, 9.17) is 23.2 Å². The molecule has 0 unspecified atom stereocenters. The summed E-state index contributed by atoms with van der Waals surface area (Å²) >= 11 is 11.3. The van der Waals surface area contributed by atoms with Crippen LogP contribution in [0, 0.1) is 10.1 Å². The Labute approximate surface area is 117 Å². The normalized spacial score (nSPS) is 10.4. The molecule has 0 fully saturated rings. The summed E-state index contributed by atoms with van der Waals surface area (Å²) in [6.07, 6.45) is 1.20. The minimum absolute atomic E-state index is 0.000123. The van der Waals surface area contributed by atoms with Gasteiger partial charge in [-0.1, -0.05) is 41.4 Å². The van der Waals surface area contributed by atoms with E-state index in [9.17, 15) is 14.9 Å². The van der Waals surface area contributed by atoms with E-state index in [1.165, 1.54) is 12.4 Å². The second-order valence-electron chi connectivity index (χ2n) is 3.67. The Morgan fingerprint density at radius 1 is 1.32 bits per heavy atom. The van der Waals surface area contributed by atoms with Gasteiger partial charge in [-0.25, -0.2) is 4.98 Å². The maximum Gasteiger partial charge on any atom is 0.274 e. The third-order valence-corrected chi connectivity index (χ3v) is 3.19. The van der Waals surface area contributed by atoms with Crippen LogP contribution in [0.5, 0.6) is 0 Å². The van der Waals surface area contributed by atoms with Gasteiger partial charge >= 0.3 is 0 Å². The zero-order valence-electron chi connectivity index (χ0n) is 9.42. The molecule has 0 aliphatic rings. The molecule has 98 valence electrons. The van der Waals surface area contributed by atoms with Crippen LogP contribution in [-0.4, -0.2) is 14.5 Å². The molecule has 2 rings (SSSR count). The average molecular weight is 300 g/mol. The molecule has 0 bridgehead atoms. The van der Waals surface area contributed by atoms with Crippen LogP contribution in [0.25, 0.3) is 0 Å². The van der Waals surface area contributed by atoms with E-state index in [1.807, 2.05) is 0 Å². The van der Waals surface area contributed by atoms with Crippen LogP contribution in [0.1, 0.15) is 5.56 Å². The molecule has 0 spiro atoms. The Morgan fingerprint density at radius 2 is 2.00 bits per heavy atom. The van der Waals surface area contributed by atoms with Crippen LogP contribution >= 0.6 is 23.2 Å². The standard InChI is InChI=1S/C11H7Cl2N3O3/c12-9-10(13)14-6-15(11(9)17)5-7-3-1-2-4-8(7)16(18)19/h1-4,6H,5H2. The van der Waals surface area contributed by atoms with Crippen LogP contribution in [0.4, 0.5) is 5.69 Å². The van der Waals surface area contributed by atoms with E-state index < -0.39 is 10.5 Å². The minimum Gasteiger partial charge on any atom is -0.293 e. The first kappa shape index (κ1) is 13.5. The molecule has 0 radical (unpaired) electrons. The van der Waals surface area contributed by atoms with Gasteiger partial charge in [0.05, 0.1) is 17.8 Å². The van der Waals surface area contributed by atoms with E-state index in [-0.39, 0.29) is 22.4 Å². The van der Waals surface area contributed by atoms with Gasteiger partial charge in [0, 0.05) is 11.6 Å². The van der Waals surface area contributed by atoms with Gasteiger partial charge in [-0.15, -0.1) is 0 Å². The summed E-state index contributed by atoms with van der Waals surface area (Å²) in [6.45, 7) is -0.000123. The summed E-state index contributed by atoms with van der Waals surface area (Å²) in [4.78, 5) is 25.9. The van der Waals surface area contributed by atoms with E-state index >= 15 is 0 Å². The molecule has 0 saturated carbocycles. The van der Waals surface area contributed by atoms with Gasteiger partial charge in [-0.05, 0) is 0 Å². The molecule has 0 atom stereocenters. The quantitative estimate of drug-likeness (QED) is 0.495. The van der Waals surface area contributed by atoms with Gasteiger partial charge in [0.15, 0.2) is 5.15 Å². The first-order valence-corrected chi connectivity index (χ1v) is 5.89. The van der Waals surface area contributed by atoms with E-state index in [1.54, 1.807) is 18.2 Å². The topological polar surface area (TPSA) is 78.0 Å². The molecule has 2 aromatic rings. The number of nitro benzene ring substituents is 1. The van der Waals surface area contributed by atoms with Gasteiger partial charge < -0.3 is 0 Å². The number of benzene rings is 1. The molecular formula is C11H7Cl2N3O3. The first-order valence-electron chi connectivity index (χ1n) is 5.13. The van der Waals surface area contributed by atoms with Crippen LogP contribution in [-0.2, 0) is 6.54 Å². The molecular weight excluding hydrogens is 293 g/mol. The van der Waals surface area contributed by atoms with E-state index in [0.29, 0.717) is 5.56 Å². The van der Waals surface area contributed by atoms with Crippen molar-refractivity contribution in [2.75, 3.05) is 0 Å². The van der Waals surface area contributed by atoms with E-state index in [2.05, 4.69) is 4.98 Å². The predicted molar refractivity (Wildman–Crippen MR) is 70.7 cm³/mol. The largest absolute Gasteiger partial charge is 0.293 e. The predicted octanol–water partition coefficient (Wildman–Crippen LogP) is 2.51. The first-order chi connectivity index (χ1) is 9.00. The maximum atomic E-state index is 11.8. The Balaban J connectivity index is 2.46. The highest BCUT2D eigenvalue weighted by molar-refractivity contribution is 6.40. The molecule has 1 aromatic carbocycles. The van der Waals surface area contributed by atoms with Crippen molar-refractivity contribution in [1.29, 1.82) is 0 Å². The highest BCUT2D eigenvalue weighted by atomic mass is 35.5. The Kier molecular flexibility index (Phi) is 3.82. The number of nitrogens with zero attached hydrogens (tertiary/aromatic N) is 3. The monoisotopic (exact) mass is 299 g/mol. The lowest BCUT2D eigenvalue weighted by Crippen LogP contribution is -2.22. The summed E-state index contributed by atoms with van der Waals surface area (Å²) in [5, 5.41) is 10.6. The Morgan fingerprint density at radius 3 is 2.68 bits per heavy atom. The zero-order valence-corrected chi connectivity index (χ0v) is 10.9. The second-order valence-corrected chi connectivity index (χ2v) is 4.40. The van der Waals surface area contributed by atoms with Gasteiger partial charge in [0.25, 0.3) is 11.2 Å². The summed E-state index contributed by atoms with van der Waals surface area (Å²) in [6, 6.07) is 6.13. The van der Waals surface area contributed by atoms with Crippen molar-refractivity contribution < 1.29 is 4.92 Å². The second kappa shape index (κ2) is 5.38. The lowest BCUT2D eigenvalue weighted by molar-refractivity contribution is -0.385. The van der Waals surface area contributed by atoms with Gasteiger partial charge in [0.2, 0.25) is 0 Å². The highest BCUT2D eigenvalue weighted by Gasteiger charge is 2.14. The Bertz CT molecular complexity index is 700. The fraction of sp³-hybridized carbons (Fsp3) is 0.0909. The molecule has 6 nitrogen and oxygen atoms in total. The molecule has 8 heteroatoms. The number of para-hydroxylation sites is 1. The van der Waals surface area contributed by atoms with Gasteiger partial charge in [-0.3, -0.25) is 19.5 Å². The number of aromatic nitrogens is 2. The van der Waals surface area contributed by atoms with Crippen molar-refractivity contribution in [3.63, 3.8) is 0 Å². The van der Waals surface area contributed by atoms with Crippen LogP contribution in [0.2, 0.25) is 10.2 Å². The van der Waals surface area contributed by atoms with Crippen LogP contribution in [0.15, 0.2) is 35.4 Å². The number of hydrogen-bond acceptors (Lipinski definition) is 4. The molecule has 0 aliphatic heterocycles. The average Bonchev–Trinajstić information content (AvgIpc) is 2.40. The van der Waals surface area contributed by atoms with Crippen molar-refractivity contribution in [2.45, 2.75) is 6.54 Å². The molecule has 19 heavy (non-hydrogen) atoms. The minimum atomic E-state index is -0.542. The van der Waals surface area contributed by atoms with E-state index in [0.717, 1.165) is 4.57 Å². The molecule has 0 saturated heterocycles. The lowest BCUT2D eigenvalue weighted by atomic mass is 10.2. The SMILES string of the molecule is O=c1c(Cl)c(Cl)ncn1Cc1ccccc1[N+](=O)[O-]. The fourth-order valence-corrected chi connectivity index (χ4v) is 1.84. The van der Waals surface area contributed by atoms with Gasteiger partial charge in [0.1, 0.15) is 5.02 Å². The van der Waals surface area contributed by atoms with Crippen molar-refractivity contribution >= 4 is 28.9 Å². The maximum absolute atomic E-state index is 11.8. The van der Waals surface area contributed by atoms with Crippen molar-refractivity contribution in [1.82, 2.24) is 9.55 Å². The molecule has 1 heterocycles. The van der Waals surface area contributed by atoms with Crippen molar-refractivity contribution in [2.24, 2.45) is 0 Å². The summed E-state index contributed by atoms with van der Waals surface area (Å²) in [5.41, 5.74) is -0.227. The van der Waals surface area contributed by atoms with Gasteiger partial charge in [-0.2, -0.15) is 0 Å². The Hall–Kier alpha value is -1.92. The number of hydrogen-bond donors (Lipinski definition) is 0. The molecule has 0 N–H and O–H groups in total. The number of halogens is 2. The third-order valence-electron chi connectivity index (χ3n) is 2.47. The van der Waals surface area contributed by atoms with Crippen molar-refractivity contribution in [3.05, 3.63) is 66.8 Å². The van der Waals surface area contributed by atoms with Crippen LogP contribution < -0.4 is 5.56 Å².